The van der Waals surface area contributed by atoms with Crippen molar-refractivity contribution in [2.24, 2.45) is 0 Å². The summed E-state index contributed by atoms with van der Waals surface area (Å²) in [6.07, 6.45) is 0. The molecule has 2 heteroatoms. The van der Waals surface area contributed by atoms with Crippen molar-refractivity contribution in [1.29, 1.82) is 0 Å². The molecule has 0 N–H and O–H groups in total. The van der Waals surface area contributed by atoms with Crippen LogP contribution in [0.4, 0.5) is 17.1 Å². The highest BCUT2D eigenvalue weighted by Gasteiger charge is 2.46. The second-order valence-electron chi connectivity index (χ2n) is 17.3. The maximum absolute atomic E-state index is 2.56. The van der Waals surface area contributed by atoms with E-state index in [2.05, 4.69) is 198 Å². The average Bonchev–Trinajstić information content (AvgIpc) is 3.68. The maximum Gasteiger partial charge on any atom is 0.248 e. The summed E-state index contributed by atoms with van der Waals surface area (Å²) in [5.41, 5.74) is 23.2. The highest BCUT2D eigenvalue weighted by Crippen LogP contribution is 2.60. The summed E-state index contributed by atoms with van der Waals surface area (Å²) in [5, 5.41) is 0. The van der Waals surface area contributed by atoms with Crippen molar-refractivity contribution in [1.82, 2.24) is 0 Å². The molecule has 0 spiro atoms. The average molecular weight is 682 g/mol. The molecular weight excluding hydrogens is 637 g/mol. The van der Waals surface area contributed by atoms with Gasteiger partial charge < -0.3 is 4.90 Å². The molecule has 0 radical (unpaired) electrons. The monoisotopic (exact) mass is 681 g/mol. The van der Waals surface area contributed by atoms with Gasteiger partial charge in [0.05, 0.1) is 0 Å². The molecule has 0 saturated carbocycles. The number of para-hydroxylation sites is 2. The van der Waals surface area contributed by atoms with Gasteiger partial charge in [0, 0.05) is 23.0 Å². The molecule has 256 valence electrons. The lowest BCUT2D eigenvalue weighted by Gasteiger charge is -2.39. The van der Waals surface area contributed by atoms with Crippen LogP contribution in [0.1, 0.15) is 75.3 Å². The Kier molecular flexibility index (Phi) is 6.93. The van der Waals surface area contributed by atoms with Gasteiger partial charge in [0.2, 0.25) is 6.71 Å². The van der Waals surface area contributed by atoms with Crippen molar-refractivity contribution >= 4 is 40.2 Å². The van der Waals surface area contributed by atoms with E-state index in [1.54, 1.807) is 0 Å². The van der Waals surface area contributed by atoms with E-state index in [4.69, 9.17) is 0 Å². The molecule has 7 aromatic carbocycles. The van der Waals surface area contributed by atoms with Crippen LogP contribution in [0.2, 0.25) is 0 Å². The number of rotatable bonds is 3. The Morgan fingerprint density at radius 2 is 1.08 bits per heavy atom. The summed E-state index contributed by atoms with van der Waals surface area (Å²) in [5.74, 6) is 0.214. The second-order valence-corrected chi connectivity index (χ2v) is 17.3. The first-order chi connectivity index (χ1) is 25.6. The van der Waals surface area contributed by atoms with Gasteiger partial charge in [-0.05, 0) is 107 Å². The summed E-state index contributed by atoms with van der Waals surface area (Å²) < 4.78 is 0. The third-order valence-corrected chi connectivity index (χ3v) is 12.1. The standard InChI is InChI=1S/C51H44BN/c1-50(2,3)33-25-26-37-39(29-33)40-30-34(51(4,5)6)31-41-47(40)46(37)38-27-28-45-49(48(38)41)52(42-22-14-13-21-36(42)32-17-9-7-10-18-32)43-23-15-16-24-44(43)53(45)35-19-11-8-12-20-35/h7-31,46H,1-6H3. The Labute approximate surface area is 315 Å². The van der Waals surface area contributed by atoms with Crippen molar-refractivity contribution in [3.63, 3.8) is 0 Å². The van der Waals surface area contributed by atoms with Crippen LogP contribution in [-0.2, 0) is 10.8 Å². The van der Waals surface area contributed by atoms with Gasteiger partial charge in [-0.1, -0.05) is 174 Å². The summed E-state index contributed by atoms with van der Waals surface area (Å²) >= 11 is 0. The van der Waals surface area contributed by atoms with Gasteiger partial charge in [-0.15, -0.1) is 0 Å². The van der Waals surface area contributed by atoms with Crippen LogP contribution < -0.4 is 21.3 Å². The molecule has 1 heterocycles. The van der Waals surface area contributed by atoms with Gasteiger partial charge in [-0.2, -0.15) is 0 Å². The van der Waals surface area contributed by atoms with Crippen LogP contribution >= 0.6 is 0 Å². The van der Waals surface area contributed by atoms with E-state index in [-0.39, 0.29) is 23.5 Å². The smallest absolute Gasteiger partial charge is 0.248 e. The molecule has 1 nitrogen and oxygen atoms in total. The van der Waals surface area contributed by atoms with Crippen molar-refractivity contribution < 1.29 is 0 Å². The molecule has 0 amide bonds. The van der Waals surface area contributed by atoms with Gasteiger partial charge in [-0.3, -0.25) is 0 Å². The summed E-state index contributed by atoms with van der Waals surface area (Å²) in [6, 6.07) is 57.5. The Morgan fingerprint density at radius 3 is 1.81 bits per heavy atom. The van der Waals surface area contributed by atoms with Gasteiger partial charge in [0.25, 0.3) is 0 Å². The first-order valence-electron chi connectivity index (χ1n) is 19.2. The second kappa shape index (κ2) is 11.5. The zero-order valence-electron chi connectivity index (χ0n) is 31.5. The SMILES string of the molecule is CC(C)(C)c1ccc2c(c1)-c1cc(C(C)(C)C)cc3c1C2c1ccc2c(c1-3)B(c1ccccc1-c1ccccc1)c1ccccc1N2c1ccccc1. The summed E-state index contributed by atoms with van der Waals surface area (Å²) in [7, 11) is 0. The number of fused-ring (bicyclic) bond motifs is 9. The van der Waals surface area contributed by atoms with Crippen molar-refractivity contribution in [3.05, 3.63) is 179 Å². The summed E-state index contributed by atoms with van der Waals surface area (Å²) in [4.78, 5) is 2.52. The number of hydrogen-bond donors (Lipinski definition) is 0. The fourth-order valence-corrected chi connectivity index (χ4v) is 9.50. The van der Waals surface area contributed by atoms with Crippen LogP contribution in [-0.4, -0.2) is 6.71 Å². The molecule has 10 rings (SSSR count). The van der Waals surface area contributed by atoms with E-state index in [9.17, 15) is 0 Å². The normalized spacial score (nSPS) is 15.1. The lowest BCUT2D eigenvalue weighted by atomic mass is 9.33. The zero-order chi connectivity index (χ0) is 36.2. The van der Waals surface area contributed by atoms with Gasteiger partial charge in [0.1, 0.15) is 0 Å². The highest BCUT2D eigenvalue weighted by atomic mass is 15.1. The zero-order valence-corrected chi connectivity index (χ0v) is 31.5. The molecule has 3 aliphatic rings. The number of anilines is 3. The molecule has 1 aliphatic heterocycles. The third-order valence-electron chi connectivity index (χ3n) is 12.1. The van der Waals surface area contributed by atoms with Crippen LogP contribution in [0.15, 0.2) is 152 Å². The predicted octanol–water partition coefficient (Wildman–Crippen LogP) is 11.4. The molecule has 2 aliphatic carbocycles. The number of benzene rings is 7. The van der Waals surface area contributed by atoms with E-state index >= 15 is 0 Å². The van der Waals surface area contributed by atoms with Crippen molar-refractivity contribution in [2.45, 2.75) is 58.3 Å². The quantitative estimate of drug-likeness (QED) is 0.168. The van der Waals surface area contributed by atoms with E-state index in [1.807, 2.05) is 0 Å². The fraction of sp³-hybridized carbons (Fsp3) is 0.176. The lowest BCUT2D eigenvalue weighted by molar-refractivity contribution is 0.589. The minimum absolute atomic E-state index is 0.00893. The third kappa shape index (κ3) is 4.78. The molecule has 0 bridgehead atoms. The largest absolute Gasteiger partial charge is 0.312 e. The molecule has 0 fully saturated rings. The predicted molar refractivity (Wildman–Crippen MR) is 227 cm³/mol. The first-order valence-corrected chi connectivity index (χ1v) is 19.2. The van der Waals surface area contributed by atoms with E-state index in [0.717, 1.165) is 0 Å². The molecule has 53 heavy (non-hydrogen) atoms. The topological polar surface area (TPSA) is 3.24 Å². The molecule has 0 aromatic heterocycles. The maximum atomic E-state index is 2.56. The fourth-order valence-electron chi connectivity index (χ4n) is 9.50. The van der Waals surface area contributed by atoms with Crippen LogP contribution in [0.25, 0.3) is 33.4 Å². The summed E-state index contributed by atoms with van der Waals surface area (Å²) in [6.45, 7) is 14.1. The van der Waals surface area contributed by atoms with E-state index in [1.165, 1.54) is 94.6 Å². The Hall–Kier alpha value is -5.60. The number of nitrogens with zero attached hydrogens (tertiary/aromatic N) is 1. The van der Waals surface area contributed by atoms with E-state index < -0.39 is 0 Å². The molecule has 1 unspecified atom stereocenters. The van der Waals surface area contributed by atoms with Crippen molar-refractivity contribution in [3.8, 4) is 33.4 Å². The van der Waals surface area contributed by atoms with Gasteiger partial charge in [-0.25, -0.2) is 0 Å². The van der Waals surface area contributed by atoms with E-state index in [0.29, 0.717) is 0 Å². The highest BCUT2D eigenvalue weighted by molar-refractivity contribution is 6.99. The minimum Gasteiger partial charge on any atom is -0.312 e. The van der Waals surface area contributed by atoms with Crippen LogP contribution in [0.5, 0.6) is 0 Å². The number of hydrogen-bond acceptors (Lipinski definition) is 1. The van der Waals surface area contributed by atoms with Crippen LogP contribution in [0, 0.1) is 0 Å². The minimum atomic E-state index is -0.00893. The Balaban J connectivity index is 1.33. The lowest BCUT2D eigenvalue weighted by Crippen LogP contribution is -2.58. The molecular formula is C51H44BN. The van der Waals surface area contributed by atoms with Crippen LogP contribution in [0.3, 0.4) is 0 Å². The van der Waals surface area contributed by atoms with Gasteiger partial charge in [0.15, 0.2) is 0 Å². The molecule has 1 atom stereocenters. The Morgan fingerprint density at radius 1 is 0.472 bits per heavy atom. The molecule has 0 saturated heterocycles. The molecule has 7 aromatic rings. The van der Waals surface area contributed by atoms with Gasteiger partial charge >= 0.3 is 0 Å². The van der Waals surface area contributed by atoms with Crippen molar-refractivity contribution in [2.75, 3.05) is 4.90 Å². The Bertz CT molecular complexity index is 2590. The first kappa shape index (κ1) is 32.1.